The minimum absolute atomic E-state index is 0.155. The van der Waals surface area contributed by atoms with Crippen LogP contribution >= 0.6 is 11.6 Å². The summed E-state index contributed by atoms with van der Waals surface area (Å²) in [5, 5.41) is 0.745. The average molecular weight is 332 g/mol. The zero-order valence-electron chi connectivity index (χ0n) is 12.7. The van der Waals surface area contributed by atoms with Crippen molar-refractivity contribution in [3.63, 3.8) is 0 Å². The van der Waals surface area contributed by atoms with E-state index in [9.17, 15) is 4.79 Å². The number of benzene rings is 1. The highest BCUT2D eigenvalue weighted by Crippen LogP contribution is 2.15. The molecule has 0 bridgehead atoms. The van der Waals surface area contributed by atoms with Gasteiger partial charge in [0, 0.05) is 50.1 Å². The van der Waals surface area contributed by atoms with Crippen molar-refractivity contribution in [3.05, 3.63) is 52.9 Å². The first-order valence-corrected chi connectivity index (χ1v) is 7.84. The second-order valence-corrected chi connectivity index (χ2v) is 5.92. The van der Waals surface area contributed by atoms with Gasteiger partial charge in [-0.15, -0.1) is 0 Å². The fourth-order valence-electron chi connectivity index (χ4n) is 2.67. The topological polar surface area (TPSA) is 75.3 Å². The fourth-order valence-corrected chi connectivity index (χ4v) is 2.88. The molecule has 1 saturated heterocycles. The molecule has 2 heterocycles. The molecule has 1 amide bonds. The summed E-state index contributed by atoms with van der Waals surface area (Å²) in [6, 6.07) is 7.85. The SMILES string of the molecule is Nc1nccnc1C(=O)N1CCN(Cc2cccc(Cl)c2)CC1. The third kappa shape index (κ3) is 3.78. The van der Waals surface area contributed by atoms with Crippen LogP contribution in [0.5, 0.6) is 0 Å². The number of hydrogen-bond donors (Lipinski definition) is 1. The van der Waals surface area contributed by atoms with Crippen molar-refractivity contribution < 1.29 is 4.79 Å². The first-order valence-electron chi connectivity index (χ1n) is 7.46. The van der Waals surface area contributed by atoms with E-state index in [0.717, 1.165) is 24.7 Å². The summed E-state index contributed by atoms with van der Waals surface area (Å²) in [6.45, 7) is 3.73. The smallest absolute Gasteiger partial charge is 0.276 e. The van der Waals surface area contributed by atoms with Crippen LogP contribution in [-0.4, -0.2) is 51.9 Å². The van der Waals surface area contributed by atoms with Crippen LogP contribution in [0.4, 0.5) is 5.82 Å². The molecule has 0 atom stereocenters. The molecule has 2 aromatic rings. The molecule has 6 nitrogen and oxygen atoms in total. The van der Waals surface area contributed by atoms with Gasteiger partial charge in [-0.3, -0.25) is 9.69 Å². The van der Waals surface area contributed by atoms with E-state index in [2.05, 4.69) is 20.9 Å². The number of carbonyl (C=O) groups is 1. The lowest BCUT2D eigenvalue weighted by Gasteiger charge is -2.34. The fraction of sp³-hybridized carbons (Fsp3) is 0.312. The number of nitrogens with two attached hydrogens (primary N) is 1. The Bertz CT molecular complexity index is 700. The maximum absolute atomic E-state index is 12.4. The van der Waals surface area contributed by atoms with Crippen LogP contribution in [0.2, 0.25) is 5.02 Å². The quantitative estimate of drug-likeness (QED) is 0.926. The van der Waals surface area contributed by atoms with Gasteiger partial charge in [0.2, 0.25) is 0 Å². The lowest BCUT2D eigenvalue weighted by atomic mass is 10.2. The second-order valence-electron chi connectivity index (χ2n) is 5.49. The van der Waals surface area contributed by atoms with Gasteiger partial charge < -0.3 is 10.6 Å². The summed E-state index contributed by atoms with van der Waals surface area (Å²) in [6.07, 6.45) is 2.97. The third-order valence-electron chi connectivity index (χ3n) is 3.88. The van der Waals surface area contributed by atoms with Gasteiger partial charge in [0.05, 0.1) is 0 Å². The molecule has 3 rings (SSSR count). The third-order valence-corrected chi connectivity index (χ3v) is 4.12. The van der Waals surface area contributed by atoms with E-state index in [4.69, 9.17) is 17.3 Å². The highest BCUT2D eigenvalue weighted by Gasteiger charge is 2.24. The average Bonchev–Trinajstić information content (AvgIpc) is 2.55. The van der Waals surface area contributed by atoms with Crippen molar-refractivity contribution >= 4 is 23.3 Å². The number of piperazine rings is 1. The van der Waals surface area contributed by atoms with Gasteiger partial charge in [-0.05, 0) is 17.7 Å². The van der Waals surface area contributed by atoms with Crippen LogP contribution < -0.4 is 5.73 Å². The molecular weight excluding hydrogens is 314 g/mol. The zero-order valence-corrected chi connectivity index (χ0v) is 13.4. The number of anilines is 1. The normalized spacial score (nSPS) is 15.6. The van der Waals surface area contributed by atoms with Crippen LogP contribution in [0.25, 0.3) is 0 Å². The lowest BCUT2D eigenvalue weighted by molar-refractivity contribution is 0.0623. The first kappa shape index (κ1) is 15.7. The molecule has 7 heteroatoms. The Hall–Kier alpha value is -2.18. The first-order chi connectivity index (χ1) is 11.1. The standard InChI is InChI=1S/C16H18ClN5O/c17-13-3-1-2-12(10-13)11-21-6-8-22(9-7-21)16(23)14-15(18)20-5-4-19-14/h1-5,10H,6-9,11H2,(H2,18,20). The monoisotopic (exact) mass is 331 g/mol. The van der Waals surface area contributed by atoms with Crippen LogP contribution in [0.3, 0.4) is 0 Å². The number of nitrogen functional groups attached to an aromatic ring is 1. The minimum Gasteiger partial charge on any atom is -0.382 e. The van der Waals surface area contributed by atoms with Crippen molar-refractivity contribution in [2.24, 2.45) is 0 Å². The molecule has 0 unspecified atom stereocenters. The Kier molecular flexibility index (Phi) is 4.73. The maximum atomic E-state index is 12.4. The molecule has 1 aromatic heterocycles. The van der Waals surface area contributed by atoms with Crippen molar-refractivity contribution in [1.29, 1.82) is 0 Å². The predicted octanol–water partition coefficient (Wildman–Crippen LogP) is 1.67. The summed E-state index contributed by atoms with van der Waals surface area (Å²) >= 11 is 6.01. The van der Waals surface area contributed by atoms with E-state index in [0.29, 0.717) is 13.1 Å². The zero-order chi connectivity index (χ0) is 16.2. The van der Waals surface area contributed by atoms with Gasteiger partial charge in [-0.1, -0.05) is 23.7 Å². The summed E-state index contributed by atoms with van der Waals surface area (Å²) in [5.41, 5.74) is 7.14. The van der Waals surface area contributed by atoms with Gasteiger partial charge in [-0.25, -0.2) is 9.97 Å². The number of hydrogen-bond acceptors (Lipinski definition) is 5. The Morgan fingerprint density at radius 3 is 2.61 bits per heavy atom. The Labute approximate surface area is 139 Å². The van der Waals surface area contributed by atoms with E-state index < -0.39 is 0 Å². The Balaban J connectivity index is 1.58. The largest absolute Gasteiger partial charge is 0.382 e. The number of halogens is 1. The molecule has 1 aliphatic rings. The number of carbonyl (C=O) groups excluding carboxylic acids is 1. The molecule has 2 N–H and O–H groups in total. The van der Waals surface area contributed by atoms with E-state index in [-0.39, 0.29) is 17.4 Å². The van der Waals surface area contributed by atoms with Crippen LogP contribution in [0.15, 0.2) is 36.7 Å². The molecule has 0 spiro atoms. The summed E-state index contributed by atoms with van der Waals surface area (Å²) in [5.74, 6) is 0.0249. The summed E-state index contributed by atoms with van der Waals surface area (Å²) < 4.78 is 0. The molecule has 120 valence electrons. The van der Waals surface area contributed by atoms with Crippen molar-refractivity contribution in [2.45, 2.75) is 6.54 Å². The van der Waals surface area contributed by atoms with Crippen LogP contribution in [0.1, 0.15) is 16.1 Å². The summed E-state index contributed by atoms with van der Waals surface area (Å²) in [7, 11) is 0. The predicted molar refractivity (Wildman–Crippen MR) is 89.1 cm³/mol. The van der Waals surface area contributed by atoms with E-state index >= 15 is 0 Å². The second kappa shape index (κ2) is 6.93. The number of aromatic nitrogens is 2. The van der Waals surface area contributed by atoms with Gasteiger partial charge in [0.1, 0.15) is 0 Å². The van der Waals surface area contributed by atoms with Gasteiger partial charge in [0.15, 0.2) is 11.5 Å². The Morgan fingerprint density at radius 1 is 1.17 bits per heavy atom. The minimum atomic E-state index is -0.155. The van der Waals surface area contributed by atoms with E-state index in [1.54, 1.807) is 4.90 Å². The molecule has 1 fully saturated rings. The highest BCUT2D eigenvalue weighted by atomic mass is 35.5. The van der Waals surface area contributed by atoms with Gasteiger partial charge in [-0.2, -0.15) is 0 Å². The number of rotatable bonds is 3. The molecular formula is C16H18ClN5O. The Morgan fingerprint density at radius 2 is 1.91 bits per heavy atom. The van der Waals surface area contributed by atoms with Gasteiger partial charge >= 0.3 is 0 Å². The van der Waals surface area contributed by atoms with E-state index in [1.165, 1.54) is 18.0 Å². The maximum Gasteiger partial charge on any atom is 0.276 e. The summed E-state index contributed by atoms with van der Waals surface area (Å²) in [4.78, 5) is 24.5. The molecule has 1 aliphatic heterocycles. The van der Waals surface area contributed by atoms with Crippen LogP contribution in [0, 0.1) is 0 Å². The number of nitrogens with zero attached hydrogens (tertiary/aromatic N) is 4. The molecule has 0 radical (unpaired) electrons. The molecule has 0 saturated carbocycles. The van der Waals surface area contributed by atoms with Crippen LogP contribution in [-0.2, 0) is 6.54 Å². The van der Waals surface area contributed by atoms with Crippen molar-refractivity contribution in [2.75, 3.05) is 31.9 Å². The number of amides is 1. The molecule has 23 heavy (non-hydrogen) atoms. The molecule has 0 aliphatic carbocycles. The van der Waals surface area contributed by atoms with Crippen molar-refractivity contribution in [3.8, 4) is 0 Å². The van der Waals surface area contributed by atoms with Gasteiger partial charge in [0.25, 0.3) is 5.91 Å². The lowest BCUT2D eigenvalue weighted by Crippen LogP contribution is -2.48. The van der Waals surface area contributed by atoms with E-state index in [1.807, 2.05) is 18.2 Å². The highest BCUT2D eigenvalue weighted by molar-refractivity contribution is 6.30. The van der Waals surface area contributed by atoms with Crippen molar-refractivity contribution in [1.82, 2.24) is 19.8 Å². The molecule has 1 aromatic carbocycles.